The van der Waals surface area contributed by atoms with Crippen LogP contribution in [0, 0.1) is 17.3 Å². The Labute approximate surface area is 106 Å². The number of carbonyl (C=O) groups is 2. The zero-order valence-electron chi connectivity index (χ0n) is 10.5. The van der Waals surface area contributed by atoms with Gasteiger partial charge in [-0.2, -0.15) is 0 Å². The van der Waals surface area contributed by atoms with Gasteiger partial charge in [0.2, 0.25) is 5.91 Å². The van der Waals surface area contributed by atoms with Crippen LogP contribution in [0.3, 0.4) is 0 Å². The summed E-state index contributed by atoms with van der Waals surface area (Å²) < 4.78 is 0. The van der Waals surface area contributed by atoms with Gasteiger partial charge >= 0.3 is 5.97 Å². The number of amides is 1. The number of aliphatic carboxylic acids is 1. The van der Waals surface area contributed by atoms with Gasteiger partial charge in [-0.3, -0.25) is 9.59 Å². The molecule has 2 unspecified atom stereocenters. The summed E-state index contributed by atoms with van der Waals surface area (Å²) in [6, 6.07) is 9.57. The Kier molecular flexibility index (Phi) is 3.11. The maximum Gasteiger partial charge on any atom is 0.307 e. The molecular formula is C14H17NO3. The van der Waals surface area contributed by atoms with Gasteiger partial charge in [0.05, 0.1) is 11.8 Å². The van der Waals surface area contributed by atoms with Gasteiger partial charge in [-0.15, -0.1) is 0 Å². The van der Waals surface area contributed by atoms with Crippen molar-refractivity contribution in [2.45, 2.75) is 20.4 Å². The normalized spacial score (nSPS) is 24.3. The van der Waals surface area contributed by atoms with Crippen LogP contribution >= 0.6 is 0 Å². The molecule has 2 N–H and O–H groups in total. The lowest BCUT2D eigenvalue weighted by Gasteiger charge is -2.05. The molecule has 0 spiro atoms. The standard InChI is InChI=1S/C14H17NO3/c1-14(2)10(11(14)13(17)18)12(16)15-8-9-6-4-3-5-7-9/h3-7,10-11H,8H2,1-2H3,(H,15,16)(H,17,18). The van der Waals surface area contributed by atoms with Crippen LogP contribution in [0.1, 0.15) is 19.4 Å². The molecule has 1 saturated carbocycles. The van der Waals surface area contributed by atoms with Crippen LogP contribution in [0.5, 0.6) is 0 Å². The van der Waals surface area contributed by atoms with E-state index in [9.17, 15) is 9.59 Å². The fourth-order valence-electron chi connectivity index (χ4n) is 2.48. The van der Waals surface area contributed by atoms with Crippen molar-refractivity contribution in [2.24, 2.45) is 17.3 Å². The van der Waals surface area contributed by atoms with Gasteiger partial charge in [-0.25, -0.2) is 0 Å². The van der Waals surface area contributed by atoms with E-state index in [0.29, 0.717) is 6.54 Å². The number of carbonyl (C=O) groups excluding carboxylic acids is 1. The summed E-state index contributed by atoms with van der Waals surface area (Å²) in [5.74, 6) is -2.04. The molecule has 18 heavy (non-hydrogen) atoms. The minimum atomic E-state index is -0.889. The summed E-state index contributed by atoms with van der Waals surface area (Å²) >= 11 is 0. The van der Waals surface area contributed by atoms with Gasteiger partial charge < -0.3 is 10.4 Å². The van der Waals surface area contributed by atoms with E-state index in [4.69, 9.17) is 5.11 Å². The number of hydrogen-bond acceptors (Lipinski definition) is 2. The zero-order valence-corrected chi connectivity index (χ0v) is 10.5. The highest BCUT2D eigenvalue weighted by Crippen LogP contribution is 2.58. The molecule has 0 aromatic heterocycles. The third kappa shape index (κ3) is 2.23. The second kappa shape index (κ2) is 4.44. The quantitative estimate of drug-likeness (QED) is 0.850. The van der Waals surface area contributed by atoms with E-state index in [-0.39, 0.29) is 5.91 Å². The molecule has 0 heterocycles. The molecule has 0 bridgehead atoms. The van der Waals surface area contributed by atoms with Crippen LogP contribution < -0.4 is 5.32 Å². The van der Waals surface area contributed by atoms with Crippen molar-refractivity contribution in [3.8, 4) is 0 Å². The highest BCUT2D eigenvalue weighted by molar-refractivity contribution is 5.91. The molecule has 2 rings (SSSR count). The Morgan fingerprint density at radius 1 is 1.22 bits per heavy atom. The third-order valence-electron chi connectivity index (χ3n) is 3.69. The van der Waals surface area contributed by atoms with Crippen molar-refractivity contribution >= 4 is 11.9 Å². The van der Waals surface area contributed by atoms with E-state index in [1.54, 1.807) is 0 Å². The van der Waals surface area contributed by atoms with Crippen molar-refractivity contribution in [3.05, 3.63) is 35.9 Å². The maximum absolute atomic E-state index is 11.9. The van der Waals surface area contributed by atoms with E-state index in [0.717, 1.165) is 5.56 Å². The molecule has 4 nitrogen and oxygen atoms in total. The van der Waals surface area contributed by atoms with E-state index < -0.39 is 23.2 Å². The zero-order chi connectivity index (χ0) is 13.3. The van der Waals surface area contributed by atoms with Gasteiger partial charge in [0, 0.05) is 6.54 Å². The summed E-state index contributed by atoms with van der Waals surface area (Å²) in [5.41, 5.74) is 0.572. The average Bonchev–Trinajstić information content (AvgIpc) is 2.91. The summed E-state index contributed by atoms with van der Waals surface area (Å²) in [7, 11) is 0. The predicted octanol–water partition coefficient (Wildman–Crippen LogP) is 1.66. The van der Waals surface area contributed by atoms with Crippen molar-refractivity contribution in [1.82, 2.24) is 5.32 Å². The lowest BCUT2D eigenvalue weighted by Crippen LogP contribution is -2.26. The first kappa shape index (κ1) is 12.6. The van der Waals surface area contributed by atoms with Crippen LogP contribution in [-0.4, -0.2) is 17.0 Å². The summed E-state index contributed by atoms with van der Waals surface area (Å²) in [6.45, 7) is 4.08. The van der Waals surface area contributed by atoms with Crippen LogP contribution in [0.2, 0.25) is 0 Å². The van der Waals surface area contributed by atoms with Gasteiger partial charge in [-0.05, 0) is 11.0 Å². The minimum Gasteiger partial charge on any atom is -0.481 e. The van der Waals surface area contributed by atoms with Gasteiger partial charge in [0.25, 0.3) is 0 Å². The van der Waals surface area contributed by atoms with Crippen LogP contribution in [0.15, 0.2) is 30.3 Å². The van der Waals surface area contributed by atoms with Gasteiger partial charge in [-0.1, -0.05) is 44.2 Å². The van der Waals surface area contributed by atoms with Crippen LogP contribution in [0.25, 0.3) is 0 Å². The Hall–Kier alpha value is -1.84. The van der Waals surface area contributed by atoms with Gasteiger partial charge in [0.1, 0.15) is 0 Å². The van der Waals surface area contributed by atoms with Crippen molar-refractivity contribution in [2.75, 3.05) is 0 Å². The van der Waals surface area contributed by atoms with E-state index in [1.807, 2.05) is 44.2 Å². The maximum atomic E-state index is 11.9. The number of hydrogen-bond donors (Lipinski definition) is 2. The Bertz CT molecular complexity index is 467. The Morgan fingerprint density at radius 3 is 2.33 bits per heavy atom. The third-order valence-corrected chi connectivity index (χ3v) is 3.69. The highest BCUT2D eigenvalue weighted by Gasteiger charge is 2.65. The summed E-state index contributed by atoms with van der Waals surface area (Å²) in [4.78, 5) is 22.9. The molecular weight excluding hydrogens is 230 g/mol. The molecule has 96 valence electrons. The predicted molar refractivity (Wildman–Crippen MR) is 66.7 cm³/mol. The van der Waals surface area contributed by atoms with E-state index >= 15 is 0 Å². The molecule has 2 atom stereocenters. The first-order valence-electron chi connectivity index (χ1n) is 5.99. The second-order valence-electron chi connectivity index (χ2n) is 5.32. The monoisotopic (exact) mass is 247 g/mol. The molecule has 1 aliphatic rings. The fourth-order valence-corrected chi connectivity index (χ4v) is 2.48. The van der Waals surface area contributed by atoms with E-state index in [1.165, 1.54) is 0 Å². The Balaban J connectivity index is 1.93. The fraction of sp³-hybridized carbons (Fsp3) is 0.429. The highest BCUT2D eigenvalue weighted by atomic mass is 16.4. The molecule has 1 fully saturated rings. The minimum absolute atomic E-state index is 0.170. The number of nitrogens with one attached hydrogen (secondary N) is 1. The Morgan fingerprint density at radius 2 is 1.83 bits per heavy atom. The summed E-state index contributed by atoms with van der Waals surface area (Å²) in [6.07, 6.45) is 0. The van der Waals surface area contributed by atoms with Gasteiger partial charge in [0.15, 0.2) is 0 Å². The number of rotatable bonds is 4. The lowest BCUT2D eigenvalue weighted by molar-refractivity contribution is -0.140. The average molecular weight is 247 g/mol. The van der Waals surface area contributed by atoms with Crippen LogP contribution in [0.4, 0.5) is 0 Å². The topological polar surface area (TPSA) is 66.4 Å². The smallest absolute Gasteiger partial charge is 0.307 e. The van der Waals surface area contributed by atoms with Crippen LogP contribution in [-0.2, 0) is 16.1 Å². The molecule has 0 aliphatic heterocycles. The first-order valence-corrected chi connectivity index (χ1v) is 5.99. The van der Waals surface area contributed by atoms with Crippen molar-refractivity contribution in [3.63, 3.8) is 0 Å². The molecule has 1 aliphatic carbocycles. The molecule has 1 aromatic rings. The molecule has 4 heteroatoms. The molecule has 1 aromatic carbocycles. The molecule has 0 saturated heterocycles. The number of carboxylic acids is 1. The SMILES string of the molecule is CC1(C)C(C(=O)O)C1C(=O)NCc1ccccc1. The number of carboxylic acid groups (broad SMARTS) is 1. The number of benzene rings is 1. The first-order chi connectivity index (χ1) is 8.44. The molecule has 1 amide bonds. The van der Waals surface area contributed by atoms with Crippen molar-refractivity contribution < 1.29 is 14.7 Å². The largest absolute Gasteiger partial charge is 0.481 e. The van der Waals surface area contributed by atoms with E-state index in [2.05, 4.69) is 5.32 Å². The lowest BCUT2D eigenvalue weighted by atomic mass is 10.1. The summed E-state index contributed by atoms with van der Waals surface area (Å²) in [5, 5.41) is 11.8. The van der Waals surface area contributed by atoms with Crippen molar-refractivity contribution in [1.29, 1.82) is 0 Å². The second-order valence-corrected chi connectivity index (χ2v) is 5.32. The molecule has 0 radical (unpaired) electrons.